The lowest BCUT2D eigenvalue weighted by atomic mass is 10.1. The second kappa shape index (κ2) is 7.75. The molecule has 0 atom stereocenters. The smallest absolute Gasteiger partial charge is 0.271 e. The number of ether oxygens (including phenoxy) is 1. The monoisotopic (exact) mass is 335 g/mol. The molecule has 0 saturated carbocycles. The van der Waals surface area contributed by atoms with Crippen molar-refractivity contribution >= 4 is 16.9 Å². The highest BCUT2D eigenvalue weighted by molar-refractivity contribution is 5.93. The van der Waals surface area contributed by atoms with Crippen LogP contribution in [0.4, 0.5) is 0 Å². The van der Waals surface area contributed by atoms with Gasteiger partial charge in [0.05, 0.1) is 23.3 Å². The Hall–Kier alpha value is -2.95. The standard InChI is InChI=1S/C20H21N3O2/c1-14(2)25-16-9-7-15(8-10-16)11-12-21-20(24)19-13-22-17-5-3-4-6-18(17)23-19/h3-10,13-14H,11-12H2,1-2H3,(H,21,24). The van der Waals surface area contributed by atoms with Crippen molar-refractivity contribution in [1.82, 2.24) is 15.3 Å². The van der Waals surface area contributed by atoms with E-state index in [2.05, 4.69) is 15.3 Å². The van der Waals surface area contributed by atoms with Gasteiger partial charge in [-0.15, -0.1) is 0 Å². The molecule has 3 rings (SSSR count). The Labute approximate surface area is 147 Å². The molecule has 1 heterocycles. The molecule has 0 aliphatic heterocycles. The van der Waals surface area contributed by atoms with Crippen LogP contribution in [0.1, 0.15) is 29.9 Å². The van der Waals surface area contributed by atoms with Gasteiger partial charge in [-0.2, -0.15) is 0 Å². The number of rotatable bonds is 6. The van der Waals surface area contributed by atoms with Crippen LogP contribution < -0.4 is 10.1 Å². The first-order valence-electron chi connectivity index (χ1n) is 8.37. The third-order valence-corrected chi connectivity index (χ3v) is 3.68. The van der Waals surface area contributed by atoms with Gasteiger partial charge in [-0.3, -0.25) is 9.78 Å². The third-order valence-electron chi connectivity index (χ3n) is 3.68. The number of amides is 1. The summed E-state index contributed by atoms with van der Waals surface area (Å²) in [7, 11) is 0. The zero-order valence-electron chi connectivity index (χ0n) is 14.4. The molecule has 25 heavy (non-hydrogen) atoms. The van der Waals surface area contributed by atoms with Gasteiger partial charge in [-0.25, -0.2) is 4.98 Å². The first-order chi connectivity index (χ1) is 12.1. The molecule has 0 saturated heterocycles. The second-order valence-corrected chi connectivity index (χ2v) is 6.06. The molecule has 0 aliphatic carbocycles. The van der Waals surface area contributed by atoms with E-state index in [0.717, 1.165) is 28.8 Å². The summed E-state index contributed by atoms with van der Waals surface area (Å²) >= 11 is 0. The number of carbonyl (C=O) groups excluding carboxylic acids is 1. The molecule has 5 nitrogen and oxygen atoms in total. The number of carbonyl (C=O) groups is 1. The predicted molar refractivity (Wildman–Crippen MR) is 97.8 cm³/mol. The van der Waals surface area contributed by atoms with Crippen molar-refractivity contribution in [2.24, 2.45) is 0 Å². The highest BCUT2D eigenvalue weighted by Gasteiger charge is 2.08. The van der Waals surface area contributed by atoms with E-state index in [1.807, 2.05) is 62.4 Å². The van der Waals surface area contributed by atoms with E-state index in [0.29, 0.717) is 12.2 Å². The van der Waals surface area contributed by atoms with Crippen molar-refractivity contribution in [3.63, 3.8) is 0 Å². The summed E-state index contributed by atoms with van der Waals surface area (Å²) in [5, 5.41) is 2.89. The van der Waals surface area contributed by atoms with Crippen LogP contribution >= 0.6 is 0 Å². The summed E-state index contributed by atoms with van der Waals surface area (Å²) in [6.07, 6.45) is 2.41. The van der Waals surface area contributed by atoms with Gasteiger partial charge in [0, 0.05) is 6.54 Å². The van der Waals surface area contributed by atoms with E-state index in [9.17, 15) is 4.79 Å². The lowest BCUT2D eigenvalue weighted by Gasteiger charge is -2.10. The highest BCUT2D eigenvalue weighted by Crippen LogP contribution is 2.14. The van der Waals surface area contributed by atoms with Crippen LogP contribution in [0.15, 0.2) is 54.7 Å². The normalized spacial score (nSPS) is 10.8. The van der Waals surface area contributed by atoms with E-state index < -0.39 is 0 Å². The third kappa shape index (κ3) is 4.53. The van der Waals surface area contributed by atoms with Crippen molar-refractivity contribution < 1.29 is 9.53 Å². The first kappa shape index (κ1) is 16.9. The molecule has 0 radical (unpaired) electrons. The van der Waals surface area contributed by atoms with Crippen LogP contribution in [0.3, 0.4) is 0 Å². The molecular weight excluding hydrogens is 314 g/mol. The fraction of sp³-hybridized carbons (Fsp3) is 0.250. The molecule has 0 bridgehead atoms. The number of nitrogens with one attached hydrogen (secondary N) is 1. The molecule has 5 heteroatoms. The SMILES string of the molecule is CC(C)Oc1ccc(CCNC(=O)c2cnc3ccccc3n2)cc1. The van der Waals surface area contributed by atoms with E-state index in [4.69, 9.17) is 4.74 Å². The lowest BCUT2D eigenvalue weighted by Crippen LogP contribution is -2.26. The molecule has 128 valence electrons. The van der Waals surface area contributed by atoms with Gasteiger partial charge >= 0.3 is 0 Å². The maximum atomic E-state index is 12.2. The summed E-state index contributed by atoms with van der Waals surface area (Å²) in [4.78, 5) is 20.8. The van der Waals surface area contributed by atoms with Gasteiger partial charge < -0.3 is 10.1 Å². The van der Waals surface area contributed by atoms with Crippen LogP contribution in [-0.2, 0) is 6.42 Å². The molecule has 0 aliphatic rings. The second-order valence-electron chi connectivity index (χ2n) is 6.06. The lowest BCUT2D eigenvalue weighted by molar-refractivity contribution is 0.0949. The minimum atomic E-state index is -0.210. The van der Waals surface area contributed by atoms with E-state index in [-0.39, 0.29) is 12.0 Å². The summed E-state index contributed by atoms with van der Waals surface area (Å²) < 4.78 is 5.62. The summed E-state index contributed by atoms with van der Waals surface area (Å²) in [5.74, 6) is 0.646. The molecular formula is C20H21N3O2. The van der Waals surface area contributed by atoms with Gasteiger partial charge in [0.1, 0.15) is 11.4 Å². The van der Waals surface area contributed by atoms with Crippen LogP contribution in [0.25, 0.3) is 11.0 Å². The zero-order chi connectivity index (χ0) is 17.6. The van der Waals surface area contributed by atoms with E-state index >= 15 is 0 Å². The minimum Gasteiger partial charge on any atom is -0.491 e. The Morgan fingerprint density at radius 3 is 2.52 bits per heavy atom. The largest absolute Gasteiger partial charge is 0.491 e. The Morgan fingerprint density at radius 1 is 1.08 bits per heavy atom. The fourth-order valence-electron chi connectivity index (χ4n) is 2.48. The number of nitrogens with zero attached hydrogens (tertiary/aromatic N) is 2. The van der Waals surface area contributed by atoms with Crippen LogP contribution in [0, 0.1) is 0 Å². The zero-order valence-corrected chi connectivity index (χ0v) is 14.4. The van der Waals surface area contributed by atoms with Gasteiger partial charge in [-0.05, 0) is 50.1 Å². The van der Waals surface area contributed by atoms with Gasteiger partial charge in [0.2, 0.25) is 0 Å². The number of hydrogen-bond acceptors (Lipinski definition) is 4. The van der Waals surface area contributed by atoms with Crippen molar-refractivity contribution in [3.8, 4) is 5.75 Å². The average Bonchev–Trinajstić information content (AvgIpc) is 2.62. The quantitative estimate of drug-likeness (QED) is 0.750. The Bertz CT molecular complexity index is 860. The number of benzene rings is 2. The van der Waals surface area contributed by atoms with Crippen molar-refractivity contribution in [1.29, 1.82) is 0 Å². The van der Waals surface area contributed by atoms with E-state index in [1.54, 1.807) is 0 Å². The predicted octanol–water partition coefficient (Wildman–Crippen LogP) is 3.39. The molecule has 3 aromatic rings. The summed E-state index contributed by atoms with van der Waals surface area (Å²) in [6.45, 7) is 4.54. The molecule has 0 unspecified atom stereocenters. The average molecular weight is 335 g/mol. The van der Waals surface area contributed by atoms with Crippen LogP contribution in [0.5, 0.6) is 5.75 Å². The number of para-hydroxylation sites is 2. The Kier molecular flexibility index (Phi) is 5.23. The van der Waals surface area contributed by atoms with Gasteiger partial charge in [0.15, 0.2) is 0 Å². The van der Waals surface area contributed by atoms with Crippen LogP contribution in [0.2, 0.25) is 0 Å². The van der Waals surface area contributed by atoms with Gasteiger partial charge in [-0.1, -0.05) is 24.3 Å². The van der Waals surface area contributed by atoms with E-state index in [1.165, 1.54) is 6.20 Å². The Balaban J connectivity index is 1.54. The molecule has 1 amide bonds. The topological polar surface area (TPSA) is 64.1 Å². The summed E-state index contributed by atoms with van der Waals surface area (Å²) in [6, 6.07) is 15.4. The van der Waals surface area contributed by atoms with Crippen LogP contribution in [-0.4, -0.2) is 28.5 Å². The fourth-order valence-corrected chi connectivity index (χ4v) is 2.48. The summed E-state index contributed by atoms with van der Waals surface area (Å²) in [5.41, 5.74) is 2.97. The Morgan fingerprint density at radius 2 is 1.80 bits per heavy atom. The molecule has 2 aromatic carbocycles. The number of aromatic nitrogens is 2. The maximum absolute atomic E-state index is 12.2. The minimum absolute atomic E-state index is 0.160. The highest BCUT2D eigenvalue weighted by atomic mass is 16.5. The molecule has 0 fully saturated rings. The van der Waals surface area contributed by atoms with Crippen molar-refractivity contribution in [2.45, 2.75) is 26.4 Å². The van der Waals surface area contributed by atoms with Crippen molar-refractivity contribution in [2.75, 3.05) is 6.54 Å². The molecule has 0 spiro atoms. The molecule has 1 N–H and O–H groups in total. The van der Waals surface area contributed by atoms with Gasteiger partial charge in [0.25, 0.3) is 5.91 Å². The first-order valence-corrected chi connectivity index (χ1v) is 8.37. The maximum Gasteiger partial charge on any atom is 0.271 e. The number of hydrogen-bond donors (Lipinski definition) is 1. The van der Waals surface area contributed by atoms with Crippen molar-refractivity contribution in [3.05, 3.63) is 66.0 Å². The number of fused-ring (bicyclic) bond motifs is 1. The molecule has 1 aromatic heterocycles.